The number of benzene rings is 1. The number of rotatable bonds is 4. The zero-order valence-corrected chi connectivity index (χ0v) is 10.9. The second-order valence-electron chi connectivity index (χ2n) is 4.58. The van der Waals surface area contributed by atoms with Crippen LogP contribution in [-0.2, 0) is 6.42 Å². The monoisotopic (exact) mass is 265 g/mol. The molecule has 20 heavy (non-hydrogen) atoms. The normalized spacial score (nSPS) is 12.2. The van der Waals surface area contributed by atoms with Gasteiger partial charge in [0.1, 0.15) is 5.82 Å². The van der Waals surface area contributed by atoms with Crippen LogP contribution in [0, 0.1) is 0 Å². The lowest BCUT2D eigenvalue weighted by atomic mass is 10.1. The van der Waals surface area contributed by atoms with E-state index in [1.54, 1.807) is 12.4 Å². The Bertz CT molecular complexity index is 663. The quantitative estimate of drug-likeness (QED) is 0.757. The molecule has 100 valence electrons. The number of hydrogen-bond acceptors (Lipinski definition) is 4. The summed E-state index contributed by atoms with van der Waals surface area (Å²) in [7, 11) is 0. The zero-order chi connectivity index (χ0) is 13.8. The smallest absolute Gasteiger partial charge is 0.182 e. The van der Waals surface area contributed by atoms with Gasteiger partial charge in [-0.2, -0.15) is 5.10 Å². The lowest BCUT2D eigenvalue weighted by molar-refractivity contribution is 0.671. The minimum absolute atomic E-state index is 0.199. The average molecular weight is 265 g/mol. The maximum Gasteiger partial charge on any atom is 0.182 e. The van der Waals surface area contributed by atoms with Gasteiger partial charge in [0.15, 0.2) is 5.82 Å². The first-order valence-corrected chi connectivity index (χ1v) is 6.45. The Kier molecular flexibility index (Phi) is 3.52. The molecule has 5 nitrogen and oxygen atoms in total. The molecule has 0 fully saturated rings. The summed E-state index contributed by atoms with van der Waals surface area (Å²) in [5, 5.41) is 7.10. The molecule has 0 radical (unpaired) electrons. The largest absolute Gasteiger partial charge is 0.321 e. The molecular formula is C15H15N5. The first kappa shape index (κ1) is 12.5. The Balaban J connectivity index is 1.77. The van der Waals surface area contributed by atoms with Crippen molar-refractivity contribution >= 4 is 0 Å². The minimum atomic E-state index is -0.199. The average Bonchev–Trinajstić information content (AvgIpc) is 2.99. The Morgan fingerprint density at radius 2 is 1.95 bits per heavy atom. The summed E-state index contributed by atoms with van der Waals surface area (Å²) < 4.78 is 0. The number of aromatic nitrogens is 4. The number of aromatic amines is 1. The van der Waals surface area contributed by atoms with Gasteiger partial charge in [-0.05, 0) is 24.1 Å². The van der Waals surface area contributed by atoms with Crippen molar-refractivity contribution in [2.45, 2.75) is 12.5 Å². The minimum Gasteiger partial charge on any atom is -0.321 e. The first-order chi connectivity index (χ1) is 9.83. The Morgan fingerprint density at radius 1 is 1.10 bits per heavy atom. The van der Waals surface area contributed by atoms with Crippen molar-refractivity contribution in [1.29, 1.82) is 0 Å². The zero-order valence-electron chi connectivity index (χ0n) is 10.9. The molecule has 2 aromatic heterocycles. The molecule has 5 heteroatoms. The molecule has 0 spiro atoms. The van der Waals surface area contributed by atoms with Gasteiger partial charge in [-0.25, -0.2) is 4.98 Å². The highest BCUT2D eigenvalue weighted by atomic mass is 15.2. The number of pyridine rings is 1. The predicted molar refractivity (Wildman–Crippen MR) is 76.7 cm³/mol. The van der Waals surface area contributed by atoms with Crippen LogP contribution in [0.3, 0.4) is 0 Å². The summed E-state index contributed by atoms with van der Waals surface area (Å²) in [6.07, 6.45) is 4.18. The molecule has 0 aliphatic rings. The molecule has 3 aromatic rings. The van der Waals surface area contributed by atoms with Gasteiger partial charge in [0.2, 0.25) is 0 Å². The molecular weight excluding hydrogens is 250 g/mol. The van der Waals surface area contributed by atoms with E-state index >= 15 is 0 Å². The molecule has 2 heterocycles. The Morgan fingerprint density at radius 3 is 2.70 bits per heavy atom. The van der Waals surface area contributed by atoms with Crippen LogP contribution in [0.15, 0.2) is 54.9 Å². The van der Waals surface area contributed by atoms with Crippen molar-refractivity contribution in [3.8, 4) is 11.4 Å². The van der Waals surface area contributed by atoms with E-state index in [0.717, 1.165) is 12.0 Å². The van der Waals surface area contributed by atoms with E-state index in [1.807, 2.05) is 30.3 Å². The number of H-pyrrole nitrogens is 1. The summed E-state index contributed by atoms with van der Waals surface area (Å²) in [6.45, 7) is 0. The summed E-state index contributed by atoms with van der Waals surface area (Å²) in [5.41, 5.74) is 8.23. The second kappa shape index (κ2) is 5.63. The number of nitrogens with two attached hydrogens (primary N) is 1. The van der Waals surface area contributed by atoms with Crippen molar-refractivity contribution < 1.29 is 0 Å². The van der Waals surface area contributed by atoms with Crippen molar-refractivity contribution in [3.63, 3.8) is 0 Å². The third kappa shape index (κ3) is 2.73. The first-order valence-electron chi connectivity index (χ1n) is 6.45. The van der Waals surface area contributed by atoms with Gasteiger partial charge >= 0.3 is 0 Å². The van der Waals surface area contributed by atoms with E-state index in [9.17, 15) is 0 Å². The van der Waals surface area contributed by atoms with Gasteiger partial charge in [-0.3, -0.25) is 10.1 Å². The van der Waals surface area contributed by atoms with Crippen molar-refractivity contribution in [1.82, 2.24) is 20.2 Å². The fraction of sp³-hybridized carbons (Fsp3) is 0.133. The van der Waals surface area contributed by atoms with Gasteiger partial charge in [0, 0.05) is 18.0 Å². The molecule has 0 aliphatic carbocycles. The van der Waals surface area contributed by atoms with Crippen molar-refractivity contribution in [2.24, 2.45) is 5.73 Å². The fourth-order valence-corrected chi connectivity index (χ4v) is 2.03. The van der Waals surface area contributed by atoms with Crippen LogP contribution < -0.4 is 5.73 Å². The van der Waals surface area contributed by atoms with E-state index in [0.29, 0.717) is 11.6 Å². The molecule has 1 aromatic carbocycles. The maximum absolute atomic E-state index is 6.17. The van der Waals surface area contributed by atoms with Crippen molar-refractivity contribution in [3.05, 3.63) is 66.2 Å². The third-order valence-electron chi connectivity index (χ3n) is 3.07. The van der Waals surface area contributed by atoms with Crippen LogP contribution >= 0.6 is 0 Å². The Hall–Kier alpha value is -2.53. The fourth-order valence-electron chi connectivity index (χ4n) is 2.03. The van der Waals surface area contributed by atoms with Gasteiger partial charge < -0.3 is 5.73 Å². The SMILES string of the molecule is NC(Cc1ccccc1)c1nc(-c2cccnc2)n[nH]1. The molecule has 0 aliphatic heterocycles. The van der Waals surface area contributed by atoms with E-state index in [2.05, 4.69) is 32.3 Å². The third-order valence-corrected chi connectivity index (χ3v) is 3.07. The highest BCUT2D eigenvalue weighted by molar-refractivity contribution is 5.52. The van der Waals surface area contributed by atoms with Crippen LogP contribution in [0.5, 0.6) is 0 Å². The lowest BCUT2D eigenvalue weighted by Gasteiger charge is -2.07. The molecule has 0 amide bonds. The highest BCUT2D eigenvalue weighted by Gasteiger charge is 2.13. The highest BCUT2D eigenvalue weighted by Crippen LogP contribution is 2.17. The van der Waals surface area contributed by atoms with Crippen LogP contribution in [0.25, 0.3) is 11.4 Å². The van der Waals surface area contributed by atoms with Crippen LogP contribution in [0.4, 0.5) is 0 Å². The molecule has 0 saturated carbocycles. The standard InChI is InChI=1S/C15H15N5/c16-13(9-11-5-2-1-3-6-11)15-18-14(19-20-15)12-7-4-8-17-10-12/h1-8,10,13H,9,16H2,(H,18,19,20). The Labute approximate surface area is 116 Å². The summed E-state index contributed by atoms with van der Waals surface area (Å²) in [5.74, 6) is 1.31. The summed E-state index contributed by atoms with van der Waals surface area (Å²) in [6, 6.07) is 13.7. The molecule has 3 N–H and O–H groups in total. The van der Waals surface area contributed by atoms with Crippen LogP contribution in [0.2, 0.25) is 0 Å². The molecule has 1 atom stereocenters. The molecule has 1 unspecified atom stereocenters. The second-order valence-corrected chi connectivity index (χ2v) is 4.58. The maximum atomic E-state index is 6.17. The predicted octanol–water partition coefficient (Wildman–Crippen LogP) is 2.11. The van der Waals surface area contributed by atoms with Crippen LogP contribution in [0.1, 0.15) is 17.4 Å². The topological polar surface area (TPSA) is 80.5 Å². The van der Waals surface area contributed by atoms with Crippen LogP contribution in [-0.4, -0.2) is 20.2 Å². The van der Waals surface area contributed by atoms with Gasteiger partial charge in [0.25, 0.3) is 0 Å². The number of nitrogens with zero attached hydrogens (tertiary/aromatic N) is 3. The van der Waals surface area contributed by atoms with E-state index in [1.165, 1.54) is 5.56 Å². The lowest BCUT2D eigenvalue weighted by Crippen LogP contribution is -2.15. The molecule has 3 rings (SSSR count). The van der Waals surface area contributed by atoms with Gasteiger partial charge in [0.05, 0.1) is 6.04 Å². The van der Waals surface area contributed by atoms with E-state index in [4.69, 9.17) is 5.73 Å². The molecule has 0 saturated heterocycles. The summed E-state index contributed by atoms with van der Waals surface area (Å²) >= 11 is 0. The van der Waals surface area contributed by atoms with Crippen molar-refractivity contribution in [2.75, 3.05) is 0 Å². The van der Waals surface area contributed by atoms with E-state index < -0.39 is 0 Å². The number of nitrogens with one attached hydrogen (secondary N) is 1. The van der Waals surface area contributed by atoms with Gasteiger partial charge in [-0.15, -0.1) is 0 Å². The molecule has 0 bridgehead atoms. The van der Waals surface area contributed by atoms with E-state index in [-0.39, 0.29) is 6.04 Å². The summed E-state index contributed by atoms with van der Waals surface area (Å²) in [4.78, 5) is 8.50. The van der Waals surface area contributed by atoms with Gasteiger partial charge in [-0.1, -0.05) is 30.3 Å². The number of hydrogen-bond donors (Lipinski definition) is 2.